The van der Waals surface area contributed by atoms with Crippen LogP contribution >= 0.6 is 15.9 Å². The first-order chi connectivity index (χ1) is 9.00. The summed E-state index contributed by atoms with van der Waals surface area (Å²) in [5.41, 5.74) is 1.91. The topological polar surface area (TPSA) is 12.0 Å². The second-order valence-electron chi connectivity index (χ2n) is 6.64. The average Bonchev–Trinajstić information content (AvgIpc) is 2.35. The monoisotopic (exact) mass is 323 g/mol. The molecule has 2 rings (SSSR count). The van der Waals surface area contributed by atoms with Crippen LogP contribution in [0.15, 0.2) is 28.7 Å². The first kappa shape index (κ1) is 15.1. The fourth-order valence-corrected chi connectivity index (χ4v) is 3.72. The van der Waals surface area contributed by atoms with Crippen molar-refractivity contribution >= 4 is 15.9 Å². The summed E-state index contributed by atoms with van der Waals surface area (Å²) in [4.78, 5) is 0. The summed E-state index contributed by atoms with van der Waals surface area (Å²) in [6.07, 6.45) is 6.51. The lowest BCUT2D eigenvalue weighted by atomic mass is 9.75. The molecule has 106 valence electrons. The van der Waals surface area contributed by atoms with Gasteiger partial charge in [0.1, 0.15) is 0 Å². The Morgan fingerprint density at radius 1 is 1.42 bits per heavy atom. The molecule has 2 atom stereocenters. The van der Waals surface area contributed by atoms with Crippen LogP contribution in [0.25, 0.3) is 0 Å². The molecule has 0 amide bonds. The van der Waals surface area contributed by atoms with Crippen molar-refractivity contribution in [3.8, 4) is 0 Å². The van der Waals surface area contributed by atoms with Crippen LogP contribution in [-0.2, 0) is 0 Å². The molecule has 1 aromatic rings. The molecular formula is C17H26BrN. The first-order valence-corrected chi connectivity index (χ1v) is 8.31. The quantitative estimate of drug-likeness (QED) is 0.775. The SMILES string of the molecule is CCC(NC1CCCC(C)(C)C1)c1cccc(Br)c1. The van der Waals surface area contributed by atoms with E-state index in [1.165, 1.54) is 35.7 Å². The molecular weight excluding hydrogens is 298 g/mol. The number of hydrogen-bond donors (Lipinski definition) is 1. The van der Waals surface area contributed by atoms with Gasteiger partial charge in [-0.1, -0.05) is 55.3 Å². The fourth-order valence-electron chi connectivity index (χ4n) is 3.30. The molecule has 0 radical (unpaired) electrons. The van der Waals surface area contributed by atoms with Gasteiger partial charge in [-0.15, -0.1) is 0 Å². The van der Waals surface area contributed by atoms with Crippen LogP contribution in [0.3, 0.4) is 0 Å². The van der Waals surface area contributed by atoms with Crippen molar-refractivity contribution in [1.29, 1.82) is 0 Å². The van der Waals surface area contributed by atoms with Crippen LogP contribution in [0.1, 0.15) is 64.5 Å². The van der Waals surface area contributed by atoms with E-state index < -0.39 is 0 Å². The zero-order chi connectivity index (χ0) is 13.9. The maximum Gasteiger partial charge on any atom is 0.0320 e. The van der Waals surface area contributed by atoms with E-state index in [4.69, 9.17) is 0 Å². The van der Waals surface area contributed by atoms with E-state index in [-0.39, 0.29) is 0 Å². The lowest BCUT2D eigenvalue weighted by Crippen LogP contribution is -2.39. The predicted octanol–water partition coefficient (Wildman–Crippen LogP) is 5.46. The number of benzene rings is 1. The molecule has 1 fully saturated rings. The average molecular weight is 324 g/mol. The third-order valence-electron chi connectivity index (χ3n) is 4.30. The minimum Gasteiger partial charge on any atom is -0.307 e. The molecule has 1 nitrogen and oxygen atoms in total. The second-order valence-corrected chi connectivity index (χ2v) is 7.56. The summed E-state index contributed by atoms with van der Waals surface area (Å²) < 4.78 is 1.18. The van der Waals surface area contributed by atoms with Gasteiger partial charge >= 0.3 is 0 Å². The molecule has 0 saturated heterocycles. The number of nitrogens with one attached hydrogen (secondary N) is 1. The Kier molecular flexibility index (Phi) is 5.08. The Balaban J connectivity index is 2.03. The number of halogens is 1. The van der Waals surface area contributed by atoms with Crippen LogP contribution in [0, 0.1) is 5.41 Å². The largest absolute Gasteiger partial charge is 0.307 e. The van der Waals surface area contributed by atoms with Crippen LogP contribution in [0.5, 0.6) is 0 Å². The third kappa shape index (κ3) is 4.32. The standard InChI is InChI=1S/C17H26BrN/c1-4-16(13-7-5-8-14(18)11-13)19-15-9-6-10-17(2,3)12-15/h5,7-8,11,15-16,19H,4,6,9-10,12H2,1-3H3. The highest BCUT2D eigenvalue weighted by molar-refractivity contribution is 9.10. The summed E-state index contributed by atoms with van der Waals surface area (Å²) in [5, 5.41) is 3.88. The molecule has 1 saturated carbocycles. The Morgan fingerprint density at radius 3 is 2.84 bits per heavy atom. The highest BCUT2D eigenvalue weighted by Crippen LogP contribution is 2.36. The van der Waals surface area contributed by atoms with Gasteiger partial charge in [-0.2, -0.15) is 0 Å². The van der Waals surface area contributed by atoms with Crippen molar-refractivity contribution in [2.24, 2.45) is 5.41 Å². The molecule has 1 aliphatic rings. The summed E-state index contributed by atoms with van der Waals surface area (Å²) in [7, 11) is 0. The molecule has 0 bridgehead atoms. The third-order valence-corrected chi connectivity index (χ3v) is 4.79. The smallest absolute Gasteiger partial charge is 0.0320 e. The van der Waals surface area contributed by atoms with Crippen molar-refractivity contribution in [3.05, 3.63) is 34.3 Å². The van der Waals surface area contributed by atoms with Gasteiger partial charge in [0, 0.05) is 16.6 Å². The fraction of sp³-hybridized carbons (Fsp3) is 0.647. The van der Waals surface area contributed by atoms with Crippen molar-refractivity contribution in [3.63, 3.8) is 0 Å². The van der Waals surface area contributed by atoms with E-state index in [9.17, 15) is 0 Å². The molecule has 0 aromatic heterocycles. The molecule has 0 aliphatic heterocycles. The van der Waals surface area contributed by atoms with E-state index in [2.05, 4.69) is 66.3 Å². The number of rotatable bonds is 4. The van der Waals surface area contributed by atoms with E-state index in [0.717, 1.165) is 6.42 Å². The van der Waals surface area contributed by atoms with Crippen LogP contribution in [0.4, 0.5) is 0 Å². The molecule has 1 N–H and O–H groups in total. The van der Waals surface area contributed by atoms with Crippen LogP contribution < -0.4 is 5.32 Å². The van der Waals surface area contributed by atoms with Gasteiger partial charge in [0.2, 0.25) is 0 Å². The lowest BCUT2D eigenvalue weighted by Gasteiger charge is -2.37. The zero-order valence-corrected chi connectivity index (χ0v) is 14.0. The molecule has 1 aromatic carbocycles. The summed E-state index contributed by atoms with van der Waals surface area (Å²) in [6, 6.07) is 9.87. The first-order valence-electron chi connectivity index (χ1n) is 7.52. The molecule has 0 heterocycles. The molecule has 1 aliphatic carbocycles. The van der Waals surface area contributed by atoms with Gasteiger partial charge in [-0.3, -0.25) is 0 Å². The van der Waals surface area contributed by atoms with Crippen molar-refractivity contribution < 1.29 is 0 Å². The molecule has 0 spiro atoms. The minimum absolute atomic E-state index is 0.483. The van der Waals surface area contributed by atoms with Crippen LogP contribution in [0.2, 0.25) is 0 Å². The van der Waals surface area contributed by atoms with Gasteiger partial charge in [-0.25, -0.2) is 0 Å². The van der Waals surface area contributed by atoms with E-state index in [0.29, 0.717) is 17.5 Å². The van der Waals surface area contributed by atoms with Gasteiger partial charge in [0.25, 0.3) is 0 Å². The van der Waals surface area contributed by atoms with Crippen molar-refractivity contribution in [2.45, 2.75) is 65.0 Å². The summed E-state index contributed by atoms with van der Waals surface area (Å²) in [5.74, 6) is 0. The molecule has 2 heteroatoms. The van der Waals surface area contributed by atoms with Gasteiger partial charge in [0.15, 0.2) is 0 Å². The minimum atomic E-state index is 0.483. The predicted molar refractivity (Wildman–Crippen MR) is 86.3 cm³/mol. The number of hydrogen-bond acceptors (Lipinski definition) is 1. The van der Waals surface area contributed by atoms with Gasteiger partial charge in [0.05, 0.1) is 0 Å². The van der Waals surface area contributed by atoms with Gasteiger partial charge in [-0.05, 0) is 48.8 Å². The van der Waals surface area contributed by atoms with Gasteiger partial charge < -0.3 is 5.32 Å². The van der Waals surface area contributed by atoms with Crippen molar-refractivity contribution in [2.75, 3.05) is 0 Å². The highest BCUT2D eigenvalue weighted by Gasteiger charge is 2.29. The normalized spacial score (nSPS) is 24.1. The summed E-state index contributed by atoms with van der Waals surface area (Å²) in [6.45, 7) is 7.08. The van der Waals surface area contributed by atoms with E-state index >= 15 is 0 Å². The maximum atomic E-state index is 3.88. The van der Waals surface area contributed by atoms with Crippen molar-refractivity contribution in [1.82, 2.24) is 5.32 Å². The summed E-state index contributed by atoms with van der Waals surface area (Å²) >= 11 is 3.58. The van der Waals surface area contributed by atoms with E-state index in [1.807, 2.05) is 0 Å². The lowest BCUT2D eigenvalue weighted by molar-refractivity contribution is 0.188. The Hall–Kier alpha value is -0.340. The Bertz CT molecular complexity index is 413. The van der Waals surface area contributed by atoms with E-state index in [1.54, 1.807) is 0 Å². The highest BCUT2D eigenvalue weighted by atomic mass is 79.9. The Labute approximate surface area is 126 Å². The molecule has 19 heavy (non-hydrogen) atoms. The Morgan fingerprint density at radius 2 is 2.21 bits per heavy atom. The van der Waals surface area contributed by atoms with Crippen LogP contribution in [-0.4, -0.2) is 6.04 Å². The maximum absolute atomic E-state index is 3.88. The second kappa shape index (κ2) is 6.41. The molecule has 2 unspecified atom stereocenters. The zero-order valence-electron chi connectivity index (χ0n) is 12.4.